The van der Waals surface area contributed by atoms with Crippen LogP contribution in [-0.4, -0.2) is 7.85 Å². The van der Waals surface area contributed by atoms with E-state index in [4.69, 9.17) is 4.74 Å². The van der Waals surface area contributed by atoms with Crippen LogP contribution < -0.4 is 10.2 Å². The second-order valence-corrected chi connectivity index (χ2v) is 3.69. The van der Waals surface area contributed by atoms with Gasteiger partial charge >= 0.3 is 0 Å². The highest BCUT2D eigenvalue weighted by atomic mass is 19.1. The summed E-state index contributed by atoms with van der Waals surface area (Å²) in [4.78, 5) is 0. The predicted octanol–water partition coefficient (Wildman–Crippen LogP) is 1.66. The smallest absolute Gasteiger partial charge is 0.143 e. The van der Waals surface area contributed by atoms with Crippen molar-refractivity contribution < 1.29 is 9.13 Å². The zero-order valence-corrected chi connectivity index (χ0v) is 9.11. The summed E-state index contributed by atoms with van der Waals surface area (Å²) in [7, 11) is 1.73. The number of ether oxygens (including phenoxy) is 1. The molecular weight excluding hydrogens is 202 g/mol. The van der Waals surface area contributed by atoms with Crippen molar-refractivity contribution in [1.29, 1.82) is 0 Å². The molecule has 0 aromatic heterocycles. The van der Waals surface area contributed by atoms with Crippen LogP contribution in [0.2, 0.25) is 0 Å². The first kappa shape index (κ1) is 10.7. The Morgan fingerprint density at radius 2 is 1.81 bits per heavy atom. The van der Waals surface area contributed by atoms with Gasteiger partial charge in [-0.2, -0.15) is 0 Å². The van der Waals surface area contributed by atoms with Gasteiger partial charge in [-0.05, 0) is 11.6 Å². The topological polar surface area (TPSA) is 9.23 Å². The molecule has 0 saturated heterocycles. The summed E-state index contributed by atoms with van der Waals surface area (Å²) in [6.07, 6.45) is 0. The fraction of sp³-hybridized carbons (Fsp3) is 0.0769. The molecule has 16 heavy (non-hydrogen) atoms. The van der Waals surface area contributed by atoms with Gasteiger partial charge in [0.2, 0.25) is 0 Å². The highest BCUT2D eigenvalue weighted by Crippen LogP contribution is 2.12. The third-order valence-corrected chi connectivity index (χ3v) is 2.39. The van der Waals surface area contributed by atoms with Gasteiger partial charge in [-0.3, -0.25) is 0 Å². The highest BCUT2D eigenvalue weighted by molar-refractivity contribution is 6.32. The first-order valence-electron chi connectivity index (χ1n) is 5.18. The standard InChI is InChI=1S/C13H12BFO/c14-12-7-6-11(8-13(12)15)16-9-10-4-2-1-3-5-10/h1-8H,9,14H2. The van der Waals surface area contributed by atoms with Gasteiger partial charge in [0.1, 0.15) is 26.0 Å². The van der Waals surface area contributed by atoms with Gasteiger partial charge in [0, 0.05) is 6.07 Å². The van der Waals surface area contributed by atoms with Gasteiger partial charge in [0.25, 0.3) is 0 Å². The number of benzene rings is 2. The molecule has 0 atom stereocenters. The normalized spacial score (nSPS) is 10.1. The van der Waals surface area contributed by atoms with E-state index in [0.29, 0.717) is 17.8 Å². The number of halogens is 1. The molecule has 0 aliphatic carbocycles. The first-order chi connectivity index (χ1) is 7.75. The largest absolute Gasteiger partial charge is 0.489 e. The zero-order valence-electron chi connectivity index (χ0n) is 9.11. The van der Waals surface area contributed by atoms with Crippen LogP contribution in [0, 0.1) is 5.82 Å². The summed E-state index contributed by atoms with van der Waals surface area (Å²) >= 11 is 0. The van der Waals surface area contributed by atoms with Gasteiger partial charge in [0.15, 0.2) is 0 Å². The van der Waals surface area contributed by atoms with Gasteiger partial charge in [-0.25, -0.2) is 4.39 Å². The molecule has 0 aliphatic heterocycles. The van der Waals surface area contributed by atoms with Gasteiger partial charge in [-0.15, -0.1) is 0 Å². The fourth-order valence-electron chi connectivity index (χ4n) is 1.40. The summed E-state index contributed by atoms with van der Waals surface area (Å²) in [5.74, 6) is 0.331. The Morgan fingerprint density at radius 1 is 1.06 bits per heavy atom. The predicted molar refractivity (Wildman–Crippen MR) is 65.4 cm³/mol. The molecule has 80 valence electrons. The Labute approximate surface area is 95.3 Å². The first-order valence-corrected chi connectivity index (χ1v) is 5.18. The van der Waals surface area contributed by atoms with E-state index in [1.807, 2.05) is 30.3 Å². The van der Waals surface area contributed by atoms with Crippen LogP contribution in [0.1, 0.15) is 5.56 Å². The molecule has 0 heterocycles. The maximum absolute atomic E-state index is 13.2. The second kappa shape index (κ2) is 4.84. The minimum Gasteiger partial charge on any atom is -0.489 e. The lowest BCUT2D eigenvalue weighted by atomic mass is 9.96. The quantitative estimate of drug-likeness (QED) is 0.706. The van der Waals surface area contributed by atoms with E-state index in [1.54, 1.807) is 20.0 Å². The molecule has 3 heteroatoms. The molecule has 0 aliphatic rings. The molecule has 0 unspecified atom stereocenters. The molecule has 0 spiro atoms. The molecule has 0 amide bonds. The Morgan fingerprint density at radius 3 is 2.50 bits per heavy atom. The van der Waals surface area contributed by atoms with Crippen molar-refractivity contribution in [3.05, 3.63) is 59.9 Å². The maximum Gasteiger partial charge on any atom is 0.143 e. The number of hydrogen-bond donors (Lipinski definition) is 0. The summed E-state index contributed by atoms with van der Waals surface area (Å²) in [5, 5.41) is 0. The summed E-state index contributed by atoms with van der Waals surface area (Å²) in [6.45, 7) is 0.462. The molecular formula is C13H12BFO. The SMILES string of the molecule is Bc1ccc(OCc2ccccc2)cc1F. The van der Waals surface area contributed by atoms with Crippen LogP contribution in [0.5, 0.6) is 5.75 Å². The molecule has 0 radical (unpaired) electrons. The minimum absolute atomic E-state index is 0.231. The van der Waals surface area contributed by atoms with E-state index in [1.165, 1.54) is 6.07 Å². The second-order valence-electron chi connectivity index (χ2n) is 3.69. The van der Waals surface area contributed by atoms with Crippen molar-refractivity contribution in [2.24, 2.45) is 0 Å². The van der Waals surface area contributed by atoms with Crippen molar-refractivity contribution >= 4 is 13.3 Å². The van der Waals surface area contributed by atoms with Crippen LogP contribution in [0.4, 0.5) is 4.39 Å². The van der Waals surface area contributed by atoms with Crippen molar-refractivity contribution in [2.45, 2.75) is 6.61 Å². The third kappa shape index (κ3) is 2.63. The van der Waals surface area contributed by atoms with E-state index < -0.39 is 0 Å². The van der Waals surface area contributed by atoms with Crippen LogP contribution in [-0.2, 0) is 6.61 Å². The Hall–Kier alpha value is -1.77. The lowest BCUT2D eigenvalue weighted by molar-refractivity contribution is 0.305. The number of rotatable bonds is 3. The average molecular weight is 214 g/mol. The van der Waals surface area contributed by atoms with Crippen molar-refractivity contribution in [3.8, 4) is 5.75 Å². The third-order valence-electron chi connectivity index (χ3n) is 2.39. The lowest BCUT2D eigenvalue weighted by Gasteiger charge is -2.07. The molecule has 2 aromatic rings. The molecule has 0 bridgehead atoms. The number of hydrogen-bond acceptors (Lipinski definition) is 1. The van der Waals surface area contributed by atoms with E-state index in [0.717, 1.165) is 5.56 Å². The fourth-order valence-corrected chi connectivity index (χ4v) is 1.40. The van der Waals surface area contributed by atoms with Crippen LogP contribution in [0.25, 0.3) is 0 Å². The van der Waals surface area contributed by atoms with Crippen molar-refractivity contribution in [2.75, 3.05) is 0 Å². The van der Waals surface area contributed by atoms with Crippen molar-refractivity contribution in [3.63, 3.8) is 0 Å². The van der Waals surface area contributed by atoms with E-state index in [2.05, 4.69) is 0 Å². The van der Waals surface area contributed by atoms with Crippen LogP contribution in [0.15, 0.2) is 48.5 Å². The van der Waals surface area contributed by atoms with E-state index in [-0.39, 0.29) is 5.82 Å². The van der Waals surface area contributed by atoms with Gasteiger partial charge < -0.3 is 4.74 Å². The Balaban J connectivity index is 2.03. The molecule has 0 saturated carbocycles. The van der Waals surface area contributed by atoms with Gasteiger partial charge in [-0.1, -0.05) is 41.9 Å². The van der Waals surface area contributed by atoms with E-state index >= 15 is 0 Å². The minimum atomic E-state index is -0.231. The summed E-state index contributed by atoms with van der Waals surface area (Å²) in [6, 6.07) is 14.7. The van der Waals surface area contributed by atoms with Crippen LogP contribution in [0.3, 0.4) is 0 Å². The molecule has 1 nitrogen and oxygen atoms in total. The molecule has 2 rings (SSSR count). The summed E-state index contributed by atoms with van der Waals surface area (Å²) in [5.41, 5.74) is 1.70. The van der Waals surface area contributed by atoms with Crippen LogP contribution >= 0.6 is 0 Å². The Kier molecular flexibility index (Phi) is 3.25. The Bertz CT molecular complexity index is 471. The lowest BCUT2D eigenvalue weighted by Crippen LogP contribution is -2.07. The van der Waals surface area contributed by atoms with Gasteiger partial charge in [0.05, 0.1) is 0 Å². The summed E-state index contributed by atoms with van der Waals surface area (Å²) < 4.78 is 18.7. The molecule has 2 aromatic carbocycles. The maximum atomic E-state index is 13.2. The van der Waals surface area contributed by atoms with Crippen molar-refractivity contribution in [1.82, 2.24) is 0 Å². The monoisotopic (exact) mass is 214 g/mol. The van der Waals surface area contributed by atoms with E-state index in [9.17, 15) is 4.39 Å². The zero-order chi connectivity index (χ0) is 11.4. The molecule has 0 N–H and O–H groups in total. The average Bonchev–Trinajstić information content (AvgIpc) is 2.32. The highest BCUT2D eigenvalue weighted by Gasteiger charge is 2.00. The molecule has 0 fully saturated rings.